The molecule has 3 rings (SSSR count). The summed E-state index contributed by atoms with van der Waals surface area (Å²) >= 11 is 0. The minimum Gasteiger partial charge on any atom is -0.486 e. The van der Waals surface area contributed by atoms with Crippen molar-refractivity contribution in [2.24, 2.45) is 5.92 Å². The van der Waals surface area contributed by atoms with Crippen LogP contribution in [0.2, 0.25) is 0 Å². The van der Waals surface area contributed by atoms with Gasteiger partial charge >= 0.3 is 0 Å². The topological polar surface area (TPSA) is 30.5 Å². The monoisotopic (exact) mass is 233 g/mol. The fourth-order valence-electron chi connectivity index (χ4n) is 2.71. The van der Waals surface area contributed by atoms with E-state index in [1.165, 1.54) is 19.3 Å². The van der Waals surface area contributed by atoms with Crippen LogP contribution in [0.15, 0.2) is 18.2 Å². The van der Waals surface area contributed by atoms with Gasteiger partial charge in [0.2, 0.25) is 0 Å². The lowest BCUT2D eigenvalue weighted by Crippen LogP contribution is -2.17. The van der Waals surface area contributed by atoms with Gasteiger partial charge in [-0.15, -0.1) is 0 Å². The molecule has 3 nitrogen and oxygen atoms in total. The Bertz CT molecular complexity index is 405. The molecule has 0 bridgehead atoms. The number of anilines is 1. The third kappa shape index (κ3) is 2.33. The van der Waals surface area contributed by atoms with Crippen LogP contribution in [0, 0.1) is 5.92 Å². The summed E-state index contributed by atoms with van der Waals surface area (Å²) in [4.78, 5) is 0. The second-order valence-corrected chi connectivity index (χ2v) is 5.12. The number of hydrogen-bond acceptors (Lipinski definition) is 3. The lowest BCUT2D eigenvalue weighted by Gasteiger charge is -2.20. The van der Waals surface area contributed by atoms with Crippen molar-refractivity contribution >= 4 is 5.69 Å². The molecular weight excluding hydrogens is 214 g/mol. The molecule has 1 aliphatic carbocycles. The van der Waals surface area contributed by atoms with Crippen LogP contribution < -0.4 is 14.8 Å². The van der Waals surface area contributed by atoms with E-state index < -0.39 is 0 Å². The highest BCUT2D eigenvalue weighted by Gasteiger charge is 2.21. The maximum absolute atomic E-state index is 5.58. The summed E-state index contributed by atoms with van der Waals surface area (Å²) in [5, 5.41) is 3.59. The SMILES string of the molecule is CC1CCC(Nc2ccc3c(c2)OCCO3)C1. The molecule has 1 aromatic rings. The molecule has 0 saturated heterocycles. The lowest BCUT2D eigenvalue weighted by molar-refractivity contribution is 0.171. The van der Waals surface area contributed by atoms with Crippen molar-refractivity contribution in [2.45, 2.75) is 32.2 Å². The molecule has 1 heterocycles. The molecule has 1 saturated carbocycles. The molecule has 2 aliphatic rings. The number of nitrogens with one attached hydrogen (secondary N) is 1. The Balaban J connectivity index is 1.71. The summed E-state index contributed by atoms with van der Waals surface area (Å²) in [5.74, 6) is 2.58. The Morgan fingerprint density at radius 2 is 1.94 bits per heavy atom. The van der Waals surface area contributed by atoms with Crippen LogP contribution in [0.25, 0.3) is 0 Å². The lowest BCUT2D eigenvalue weighted by atomic mass is 10.1. The van der Waals surface area contributed by atoms with E-state index in [9.17, 15) is 0 Å². The predicted molar refractivity (Wildman–Crippen MR) is 67.9 cm³/mol. The van der Waals surface area contributed by atoms with Crippen molar-refractivity contribution < 1.29 is 9.47 Å². The van der Waals surface area contributed by atoms with Crippen molar-refractivity contribution in [3.05, 3.63) is 18.2 Å². The molecule has 0 radical (unpaired) electrons. The highest BCUT2D eigenvalue weighted by molar-refractivity contribution is 5.55. The predicted octanol–water partition coefficient (Wildman–Crippen LogP) is 3.06. The first-order valence-electron chi connectivity index (χ1n) is 6.47. The van der Waals surface area contributed by atoms with E-state index in [2.05, 4.69) is 24.4 Å². The van der Waals surface area contributed by atoms with Gasteiger partial charge in [0.05, 0.1) is 0 Å². The van der Waals surface area contributed by atoms with Crippen molar-refractivity contribution in [1.29, 1.82) is 0 Å². The zero-order chi connectivity index (χ0) is 11.7. The van der Waals surface area contributed by atoms with Crippen molar-refractivity contribution in [1.82, 2.24) is 0 Å². The largest absolute Gasteiger partial charge is 0.486 e. The standard InChI is InChI=1S/C14H19NO2/c1-10-2-3-11(8-10)15-12-4-5-13-14(9-12)17-7-6-16-13/h4-5,9-11,15H,2-3,6-8H2,1H3. The molecule has 1 N–H and O–H groups in total. The van der Waals surface area contributed by atoms with Gasteiger partial charge in [-0.05, 0) is 37.3 Å². The summed E-state index contributed by atoms with van der Waals surface area (Å²) in [6.07, 6.45) is 3.88. The van der Waals surface area contributed by atoms with E-state index in [1.807, 2.05) is 6.07 Å². The first-order chi connectivity index (χ1) is 8.31. The number of rotatable bonds is 2. The van der Waals surface area contributed by atoms with Crippen LogP contribution >= 0.6 is 0 Å². The summed E-state index contributed by atoms with van der Waals surface area (Å²) in [7, 11) is 0. The number of fused-ring (bicyclic) bond motifs is 1. The van der Waals surface area contributed by atoms with Crippen molar-refractivity contribution in [2.75, 3.05) is 18.5 Å². The van der Waals surface area contributed by atoms with E-state index >= 15 is 0 Å². The van der Waals surface area contributed by atoms with E-state index in [4.69, 9.17) is 9.47 Å². The molecule has 2 unspecified atom stereocenters. The average molecular weight is 233 g/mol. The molecule has 0 spiro atoms. The molecule has 1 aromatic carbocycles. The van der Waals surface area contributed by atoms with E-state index in [1.54, 1.807) is 0 Å². The summed E-state index contributed by atoms with van der Waals surface area (Å²) < 4.78 is 11.1. The maximum atomic E-state index is 5.58. The van der Waals surface area contributed by atoms with Crippen molar-refractivity contribution in [3.63, 3.8) is 0 Å². The van der Waals surface area contributed by atoms with Gasteiger partial charge < -0.3 is 14.8 Å². The molecular formula is C14H19NO2. The summed E-state index contributed by atoms with van der Waals surface area (Å²) in [6.45, 7) is 3.63. The van der Waals surface area contributed by atoms with Crippen LogP contribution in [0.1, 0.15) is 26.2 Å². The molecule has 0 aromatic heterocycles. The minimum absolute atomic E-state index is 0.618. The first-order valence-corrected chi connectivity index (χ1v) is 6.47. The van der Waals surface area contributed by atoms with E-state index in [0.717, 1.165) is 23.1 Å². The molecule has 1 aliphatic heterocycles. The smallest absolute Gasteiger partial charge is 0.163 e. The molecule has 92 valence electrons. The van der Waals surface area contributed by atoms with Gasteiger partial charge in [0.1, 0.15) is 13.2 Å². The number of benzene rings is 1. The zero-order valence-corrected chi connectivity index (χ0v) is 10.2. The van der Waals surface area contributed by atoms with Crippen LogP contribution in [-0.4, -0.2) is 19.3 Å². The summed E-state index contributed by atoms with van der Waals surface area (Å²) in [5.41, 5.74) is 1.15. The van der Waals surface area contributed by atoms with Gasteiger partial charge in [0.15, 0.2) is 11.5 Å². The highest BCUT2D eigenvalue weighted by Crippen LogP contribution is 2.34. The van der Waals surface area contributed by atoms with Gasteiger partial charge in [-0.1, -0.05) is 6.92 Å². The number of ether oxygens (including phenoxy) is 2. The van der Waals surface area contributed by atoms with Crippen LogP contribution in [-0.2, 0) is 0 Å². The first kappa shape index (κ1) is 10.8. The Hall–Kier alpha value is -1.38. The normalized spacial score (nSPS) is 26.9. The van der Waals surface area contributed by atoms with Gasteiger partial charge in [-0.25, -0.2) is 0 Å². The van der Waals surface area contributed by atoms with Crippen molar-refractivity contribution in [3.8, 4) is 11.5 Å². The molecule has 2 atom stereocenters. The maximum Gasteiger partial charge on any atom is 0.163 e. The van der Waals surface area contributed by atoms with E-state index in [-0.39, 0.29) is 0 Å². The Morgan fingerprint density at radius 1 is 1.12 bits per heavy atom. The van der Waals surface area contributed by atoms with Gasteiger partial charge in [-0.3, -0.25) is 0 Å². The Morgan fingerprint density at radius 3 is 2.71 bits per heavy atom. The van der Waals surface area contributed by atoms with Crippen LogP contribution in [0.4, 0.5) is 5.69 Å². The quantitative estimate of drug-likeness (QED) is 0.851. The van der Waals surface area contributed by atoms with Crippen LogP contribution in [0.5, 0.6) is 11.5 Å². The molecule has 17 heavy (non-hydrogen) atoms. The highest BCUT2D eigenvalue weighted by atomic mass is 16.6. The van der Waals surface area contributed by atoms with Gasteiger partial charge in [0.25, 0.3) is 0 Å². The Kier molecular flexibility index (Phi) is 2.83. The summed E-state index contributed by atoms with van der Waals surface area (Å²) in [6, 6.07) is 6.75. The zero-order valence-electron chi connectivity index (χ0n) is 10.2. The van der Waals surface area contributed by atoms with Crippen LogP contribution in [0.3, 0.4) is 0 Å². The van der Waals surface area contributed by atoms with Gasteiger partial charge in [0, 0.05) is 17.8 Å². The second-order valence-electron chi connectivity index (χ2n) is 5.12. The minimum atomic E-state index is 0.618. The molecule has 0 amide bonds. The third-order valence-electron chi connectivity index (χ3n) is 3.61. The molecule has 1 fully saturated rings. The Labute approximate surface area is 102 Å². The fraction of sp³-hybridized carbons (Fsp3) is 0.571. The van der Waals surface area contributed by atoms with Gasteiger partial charge in [-0.2, -0.15) is 0 Å². The van der Waals surface area contributed by atoms with E-state index in [0.29, 0.717) is 19.3 Å². The second kappa shape index (κ2) is 4.47. The number of hydrogen-bond donors (Lipinski definition) is 1. The average Bonchev–Trinajstić information content (AvgIpc) is 2.75. The fourth-order valence-corrected chi connectivity index (χ4v) is 2.71. The molecule has 3 heteroatoms. The third-order valence-corrected chi connectivity index (χ3v) is 3.61.